The second-order valence-corrected chi connectivity index (χ2v) is 9.97. The Hall–Kier alpha value is -3.16. The van der Waals surface area contributed by atoms with Crippen LogP contribution in [-0.2, 0) is 19.2 Å². The summed E-state index contributed by atoms with van der Waals surface area (Å²) in [7, 11) is 0. The Balaban J connectivity index is 1.25. The van der Waals surface area contributed by atoms with Crippen LogP contribution in [0.2, 0.25) is 10.0 Å². The molecule has 3 amide bonds. The van der Waals surface area contributed by atoms with Crippen LogP contribution < -0.4 is 14.5 Å². The van der Waals surface area contributed by atoms with Gasteiger partial charge in [0.05, 0.1) is 34.2 Å². The van der Waals surface area contributed by atoms with Crippen molar-refractivity contribution in [3.8, 4) is 5.75 Å². The van der Waals surface area contributed by atoms with Crippen LogP contribution in [0.15, 0.2) is 54.1 Å². The lowest BCUT2D eigenvalue weighted by Gasteiger charge is -2.18. The number of allylic oxidation sites excluding steroid dienone is 2. The highest BCUT2D eigenvalue weighted by molar-refractivity contribution is 6.36. The molecule has 0 unspecified atom stereocenters. The summed E-state index contributed by atoms with van der Waals surface area (Å²) >= 11 is 12.2. The molecule has 7 nitrogen and oxygen atoms in total. The Morgan fingerprint density at radius 2 is 1.69 bits per heavy atom. The molecule has 2 aromatic carbocycles. The van der Waals surface area contributed by atoms with Gasteiger partial charge in [0.25, 0.3) is 0 Å². The molecular formula is C26H22Cl2N2O5. The molecular weight excluding hydrogens is 491 g/mol. The Kier molecular flexibility index (Phi) is 6.15. The van der Waals surface area contributed by atoms with Crippen molar-refractivity contribution in [2.45, 2.75) is 26.2 Å². The monoisotopic (exact) mass is 512 g/mol. The molecule has 35 heavy (non-hydrogen) atoms. The third kappa shape index (κ3) is 4.34. The minimum absolute atomic E-state index is 0.00717. The first-order valence-corrected chi connectivity index (χ1v) is 12.1. The van der Waals surface area contributed by atoms with E-state index in [1.165, 1.54) is 9.80 Å². The first-order valence-electron chi connectivity index (χ1n) is 11.3. The van der Waals surface area contributed by atoms with Gasteiger partial charge in [-0.2, -0.15) is 0 Å². The normalized spacial score (nSPS) is 24.0. The zero-order valence-electron chi connectivity index (χ0n) is 18.9. The number of amides is 3. The fourth-order valence-electron chi connectivity index (χ4n) is 4.95. The summed E-state index contributed by atoms with van der Waals surface area (Å²) in [6, 6.07) is 11.1. The van der Waals surface area contributed by atoms with Crippen LogP contribution in [0, 0.1) is 17.8 Å². The fraction of sp³-hybridized carbons (Fsp3) is 0.308. The number of hydrogen-bond donors (Lipinski definition) is 0. The van der Waals surface area contributed by atoms with Gasteiger partial charge in [-0.25, -0.2) is 0 Å². The molecule has 1 aliphatic carbocycles. The average molecular weight is 513 g/mol. The Labute approximate surface area is 212 Å². The quantitative estimate of drug-likeness (QED) is 0.254. The van der Waals surface area contributed by atoms with Gasteiger partial charge in [0.15, 0.2) is 0 Å². The summed E-state index contributed by atoms with van der Waals surface area (Å²) in [5.74, 6) is -2.23. The summed E-state index contributed by atoms with van der Waals surface area (Å²) in [4.78, 5) is 53.7. The number of esters is 1. The number of fused-ring (bicyclic) bond motifs is 1. The highest BCUT2D eigenvalue weighted by Crippen LogP contribution is 2.40. The maximum atomic E-state index is 12.9. The lowest BCUT2D eigenvalue weighted by Crippen LogP contribution is -2.30. The predicted molar refractivity (Wildman–Crippen MR) is 131 cm³/mol. The molecule has 0 aromatic heterocycles. The van der Waals surface area contributed by atoms with E-state index in [4.69, 9.17) is 27.9 Å². The molecule has 2 aliphatic heterocycles. The van der Waals surface area contributed by atoms with Crippen molar-refractivity contribution in [2.24, 2.45) is 17.8 Å². The molecule has 2 aromatic rings. The van der Waals surface area contributed by atoms with E-state index >= 15 is 0 Å². The summed E-state index contributed by atoms with van der Waals surface area (Å²) in [6.07, 6.45) is 3.18. The highest BCUT2D eigenvalue weighted by atomic mass is 35.5. The highest BCUT2D eigenvalue weighted by Gasteiger charge is 2.48. The van der Waals surface area contributed by atoms with Crippen molar-refractivity contribution in [3.63, 3.8) is 0 Å². The number of carbonyl (C=O) groups is 4. The number of benzene rings is 2. The first kappa shape index (κ1) is 23.6. The van der Waals surface area contributed by atoms with E-state index in [2.05, 4.69) is 0 Å². The van der Waals surface area contributed by atoms with Crippen LogP contribution >= 0.6 is 23.2 Å². The van der Waals surface area contributed by atoms with Gasteiger partial charge in [0.2, 0.25) is 17.7 Å². The van der Waals surface area contributed by atoms with Gasteiger partial charge in [0.1, 0.15) is 5.75 Å². The van der Waals surface area contributed by atoms with Gasteiger partial charge in [-0.3, -0.25) is 24.1 Å². The summed E-state index contributed by atoms with van der Waals surface area (Å²) < 4.78 is 5.49. The lowest BCUT2D eigenvalue weighted by atomic mass is 9.82. The maximum absolute atomic E-state index is 12.9. The van der Waals surface area contributed by atoms with Gasteiger partial charge < -0.3 is 9.64 Å². The number of rotatable bonds is 4. The molecule has 3 aliphatic rings. The lowest BCUT2D eigenvalue weighted by molar-refractivity contribution is -0.139. The third-order valence-corrected chi connectivity index (χ3v) is 7.35. The molecule has 0 saturated carbocycles. The predicted octanol–water partition coefficient (Wildman–Crippen LogP) is 4.80. The SMILES string of the molecule is CC1=CC[C@@H]2C(=O)N(c3ccc(OC(=O)[C@H]4CC(=O)N(c5cc(Cl)ccc5Cl)C4)cc3)C(=O)[C@H]2C1. The number of halogens is 2. The molecule has 5 rings (SSSR count). The Morgan fingerprint density at radius 1 is 0.971 bits per heavy atom. The van der Waals surface area contributed by atoms with Gasteiger partial charge in [-0.15, -0.1) is 0 Å². The molecule has 0 radical (unpaired) electrons. The minimum atomic E-state index is -0.669. The summed E-state index contributed by atoms with van der Waals surface area (Å²) in [5, 5.41) is 0.799. The van der Waals surface area contributed by atoms with Crippen molar-refractivity contribution in [1.82, 2.24) is 0 Å². The van der Waals surface area contributed by atoms with E-state index in [9.17, 15) is 19.2 Å². The van der Waals surface area contributed by atoms with Crippen molar-refractivity contribution < 1.29 is 23.9 Å². The molecule has 3 atom stereocenters. The fourth-order valence-corrected chi connectivity index (χ4v) is 5.33. The van der Waals surface area contributed by atoms with Crippen molar-refractivity contribution >= 4 is 58.3 Å². The molecule has 0 bridgehead atoms. The number of nitrogens with zero attached hydrogens (tertiary/aromatic N) is 2. The smallest absolute Gasteiger partial charge is 0.316 e. The maximum Gasteiger partial charge on any atom is 0.316 e. The van der Waals surface area contributed by atoms with Crippen LogP contribution in [0.5, 0.6) is 5.75 Å². The van der Waals surface area contributed by atoms with Crippen molar-refractivity contribution in [3.05, 3.63) is 64.2 Å². The number of imide groups is 1. The van der Waals surface area contributed by atoms with E-state index in [0.717, 1.165) is 5.57 Å². The van der Waals surface area contributed by atoms with Gasteiger partial charge in [-0.05, 0) is 62.2 Å². The van der Waals surface area contributed by atoms with Gasteiger partial charge in [0, 0.05) is 18.0 Å². The summed E-state index contributed by atoms with van der Waals surface area (Å²) in [5.41, 5.74) is 2.03. The first-order chi connectivity index (χ1) is 16.7. The zero-order chi connectivity index (χ0) is 24.9. The van der Waals surface area contributed by atoms with E-state index in [-0.39, 0.29) is 48.3 Å². The average Bonchev–Trinajstić information content (AvgIpc) is 3.33. The van der Waals surface area contributed by atoms with Crippen LogP contribution in [-0.4, -0.2) is 30.2 Å². The van der Waals surface area contributed by atoms with Gasteiger partial charge >= 0.3 is 5.97 Å². The van der Waals surface area contributed by atoms with E-state index < -0.39 is 11.9 Å². The molecule has 2 heterocycles. The molecule has 0 spiro atoms. The van der Waals surface area contributed by atoms with Crippen LogP contribution in [0.1, 0.15) is 26.2 Å². The van der Waals surface area contributed by atoms with Crippen LogP contribution in [0.25, 0.3) is 0 Å². The van der Waals surface area contributed by atoms with E-state index in [1.807, 2.05) is 13.0 Å². The standard InChI is InChI=1S/C26H22Cl2N2O5/c1-14-2-8-19-20(10-14)25(33)30(24(19)32)17-4-6-18(7-5-17)35-26(34)15-11-23(31)29(13-15)22-12-16(27)3-9-21(22)28/h2-7,9,12,15,19-20H,8,10-11,13H2,1H3/t15-,19-,20-/m0/s1. The largest absolute Gasteiger partial charge is 0.426 e. The number of hydrogen-bond acceptors (Lipinski definition) is 5. The van der Waals surface area contributed by atoms with Crippen LogP contribution in [0.4, 0.5) is 11.4 Å². The second kappa shape index (κ2) is 9.13. The van der Waals surface area contributed by atoms with E-state index in [0.29, 0.717) is 34.3 Å². The van der Waals surface area contributed by atoms with Crippen molar-refractivity contribution in [1.29, 1.82) is 0 Å². The Bertz CT molecular complexity index is 1270. The molecule has 9 heteroatoms. The zero-order valence-corrected chi connectivity index (χ0v) is 20.4. The summed E-state index contributed by atoms with van der Waals surface area (Å²) in [6.45, 7) is 2.10. The van der Waals surface area contributed by atoms with Gasteiger partial charge in [-0.1, -0.05) is 34.9 Å². The molecule has 2 saturated heterocycles. The third-order valence-electron chi connectivity index (χ3n) is 6.79. The number of carbonyl (C=O) groups excluding carboxylic acids is 4. The van der Waals surface area contributed by atoms with E-state index in [1.54, 1.807) is 42.5 Å². The number of anilines is 2. The minimum Gasteiger partial charge on any atom is -0.426 e. The Morgan fingerprint density at radius 3 is 2.43 bits per heavy atom. The molecule has 0 N–H and O–H groups in total. The van der Waals surface area contributed by atoms with Crippen molar-refractivity contribution in [2.75, 3.05) is 16.3 Å². The second-order valence-electron chi connectivity index (χ2n) is 9.13. The molecule has 180 valence electrons. The topological polar surface area (TPSA) is 84.0 Å². The number of ether oxygens (including phenoxy) is 1. The van der Waals surface area contributed by atoms with Crippen LogP contribution in [0.3, 0.4) is 0 Å². The molecule has 2 fully saturated rings.